The Kier molecular flexibility index (Phi) is 6.17. The summed E-state index contributed by atoms with van der Waals surface area (Å²) < 4.78 is 15.8. The van der Waals surface area contributed by atoms with Crippen molar-refractivity contribution in [1.29, 1.82) is 0 Å². The molecule has 0 radical (unpaired) electrons. The van der Waals surface area contributed by atoms with Gasteiger partial charge in [-0.05, 0) is 46.5 Å². The Morgan fingerprint density at radius 3 is 2.52 bits per heavy atom. The molecule has 132 valence electrons. The summed E-state index contributed by atoms with van der Waals surface area (Å²) in [6.07, 6.45) is -0.981. The number of carbonyl (C=O) groups is 1. The van der Waals surface area contributed by atoms with Crippen molar-refractivity contribution in [3.63, 3.8) is 0 Å². The van der Waals surface area contributed by atoms with Crippen LogP contribution in [-0.4, -0.2) is 15.5 Å². The molecule has 0 saturated carbocycles. The molecule has 0 fully saturated rings. The molecular weight excluding hydrogens is 374 g/mol. The van der Waals surface area contributed by atoms with Gasteiger partial charge in [0.1, 0.15) is 12.4 Å². The number of amides is 1. The first-order valence-electron chi connectivity index (χ1n) is 7.05. The second kappa shape index (κ2) is 8.13. The smallest absolute Gasteiger partial charge is 0.408 e. The summed E-state index contributed by atoms with van der Waals surface area (Å²) in [6, 6.07) is 12.1. The van der Waals surface area contributed by atoms with Gasteiger partial charge in [-0.2, -0.15) is 0 Å². The van der Waals surface area contributed by atoms with E-state index in [4.69, 9.17) is 27.9 Å². The van der Waals surface area contributed by atoms with E-state index >= 15 is 0 Å². The van der Waals surface area contributed by atoms with E-state index in [0.29, 0.717) is 0 Å². The van der Waals surface area contributed by atoms with Crippen molar-refractivity contribution < 1.29 is 18.8 Å². The van der Waals surface area contributed by atoms with Gasteiger partial charge < -0.3 is 10.1 Å². The van der Waals surface area contributed by atoms with Crippen LogP contribution in [0.4, 0.5) is 9.18 Å². The normalized spacial score (nSPS) is 12.3. The van der Waals surface area contributed by atoms with Crippen LogP contribution in [0.2, 0.25) is 0 Å². The van der Waals surface area contributed by atoms with Crippen LogP contribution < -0.4 is 5.32 Å². The van der Waals surface area contributed by atoms with E-state index in [1.54, 1.807) is 30.3 Å². The minimum atomic E-state index is -2.61. The quantitative estimate of drug-likeness (QED) is 0.349. The molecule has 0 aromatic heterocycles. The third-order valence-corrected chi connectivity index (χ3v) is 3.96. The van der Waals surface area contributed by atoms with Gasteiger partial charge in [-0.25, -0.2) is 9.18 Å². The van der Waals surface area contributed by atoms with Crippen LogP contribution >= 0.6 is 23.2 Å². The summed E-state index contributed by atoms with van der Waals surface area (Å²) in [5, 5.41) is 13.4. The van der Waals surface area contributed by atoms with Gasteiger partial charge in [0, 0.05) is 0 Å². The first-order valence-corrected chi connectivity index (χ1v) is 7.81. The molecule has 6 nitrogen and oxygen atoms in total. The molecule has 0 aliphatic carbocycles. The number of hydrogen-bond donors (Lipinski definition) is 1. The van der Waals surface area contributed by atoms with Crippen molar-refractivity contribution in [2.24, 2.45) is 0 Å². The number of benzene rings is 2. The highest BCUT2D eigenvalue weighted by Crippen LogP contribution is 2.36. The van der Waals surface area contributed by atoms with E-state index in [-0.39, 0.29) is 12.2 Å². The Balaban J connectivity index is 2.15. The van der Waals surface area contributed by atoms with Crippen LogP contribution in [0.3, 0.4) is 0 Å². The van der Waals surface area contributed by atoms with Crippen LogP contribution in [-0.2, 0) is 11.3 Å². The number of rotatable bonds is 6. The van der Waals surface area contributed by atoms with E-state index in [0.717, 1.165) is 17.7 Å². The lowest BCUT2D eigenvalue weighted by atomic mass is 10.1. The molecule has 0 bridgehead atoms. The molecule has 0 aliphatic rings. The molecule has 0 spiro atoms. The second-order valence-corrected chi connectivity index (χ2v) is 6.38. The third-order valence-electron chi connectivity index (χ3n) is 3.25. The third kappa shape index (κ3) is 5.04. The van der Waals surface area contributed by atoms with E-state index in [2.05, 4.69) is 5.32 Å². The van der Waals surface area contributed by atoms with Crippen molar-refractivity contribution in [3.8, 4) is 0 Å². The molecule has 9 heteroatoms. The molecule has 0 saturated heterocycles. The van der Waals surface area contributed by atoms with Crippen LogP contribution in [0.15, 0.2) is 54.6 Å². The highest BCUT2D eigenvalue weighted by Gasteiger charge is 2.49. The summed E-state index contributed by atoms with van der Waals surface area (Å²) >= 11 is 11.5. The average Bonchev–Trinajstić information content (AvgIpc) is 2.58. The van der Waals surface area contributed by atoms with Gasteiger partial charge in [0.05, 0.1) is 4.92 Å². The standard InChI is InChI=1S/C16H13Cl2FN2O4/c17-16(18,21(23)24)14(12-7-4-8-13(19)9-12)20-15(22)25-10-11-5-2-1-3-6-11/h1-9,14H,10H2,(H,20,22). The highest BCUT2D eigenvalue weighted by atomic mass is 35.5. The maximum absolute atomic E-state index is 13.4. The fraction of sp³-hybridized carbons (Fsp3) is 0.188. The van der Waals surface area contributed by atoms with Crippen molar-refractivity contribution in [3.05, 3.63) is 81.7 Å². The summed E-state index contributed by atoms with van der Waals surface area (Å²) in [6.45, 7) is -0.0570. The molecule has 1 unspecified atom stereocenters. The molecule has 2 aromatic carbocycles. The summed E-state index contributed by atoms with van der Waals surface area (Å²) in [5.41, 5.74) is 0.746. The van der Waals surface area contributed by atoms with E-state index in [1.807, 2.05) is 0 Å². The van der Waals surface area contributed by atoms with Gasteiger partial charge >= 0.3 is 10.6 Å². The largest absolute Gasteiger partial charge is 0.445 e. The first-order chi connectivity index (χ1) is 11.8. The zero-order chi connectivity index (χ0) is 18.4. The SMILES string of the molecule is O=C(NC(c1cccc(F)c1)C(Cl)(Cl)[N+](=O)[O-])OCc1ccccc1. The van der Waals surface area contributed by atoms with Crippen molar-refractivity contribution in [2.75, 3.05) is 0 Å². The molecule has 1 amide bonds. The molecule has 2 rings (SSSR count). The minimum absolute atomic E-state index is 0.0263. The molecule has 25 heavy (non-hydrogen) atoms. The van der Waals surface area contributed by atoms with Crippen molar-refractivity contribution >= 4 is 29.3 Å². The van der Waals surface area contributed by atoms with Crippen LogP contribution in [0.1, 0.15) is 17.2 Å². The monoisotopic (exact) mass is 386 g/mol. The van der Waals surface area contributed by atoms with Crippen LogP contribution in [0.5, 0.6) is 0 Å². The summed E-state index contributed by atoms with van der Waals surface area (Å²) in [7, 11) is 0. The predicted molar refractivity (Wildman–Crippen MR) is 90.3 cm³/mol. The summed E-state index contributed by atoms with van der Waals surface area (Å²) in [5.74, 6) is -0.658. The van der Waals surface area contributed by atoms with Gasteiger partial charge in [-0.1, -0.05) is 42.5 Å². The molecule has 1 atom stereocenters. The second-order valence-electron chi connectivity index (χ2n) is 5.04. The Morgan fingerprint density at radius 1 is 1.24 bits per heavy atom. The Morgan fingerprint density at radius 2 is 1.92 bits per heavy atom. The van der Waals surface area contributed by atoms with Gasteiger partial charge in [0.25, 0.3) is 0 Å². The van der Waals surface area contributed by atoms with Gasteiger partial charge in [0.15, 0.2) is 6.04 Å². The lowest BCUT2D eigenvalue weighted by molar-refractivity contribution is -0.521. The number of alkyl halides is 2. The highest BCUT2D eigenvalue weighted by molar-refractivity contribution is 6.47. The van der Waals surface area contributed by atoms with Gasteiger partial charge in [-0.15, -0.1) is 0 Å². The number of alkyl carbamates (subject to hydrolysis) is 1. The predicted octanol–water partition coefficient (Wildman–Crippen LogP) is 4.20. The zero-order valence-corrected chi connectivity index (χ0v) is 14.2. The number of nitrogens with zero attached hydrogens (tertiary/aromatic N) is 1. The fourth-order valence-electron chi connectivity index (χ4n) is 2.04. The Labute approximate surface area is 152 Å². The van der Waals surface area contributed by atoms with Crippen molar-refractivity contribution in [1.82, 2.24) is 5.32 Å². The number of hydrogen-bond acceptors (Lipinski definition) is 4. The maximum atomic E-state index is 13.4. The number of nitro groups is 1. The molecule has 0 heterocycles. The summed E-state index contributed by atoms with van der Waals surface area (Å²) in [4.78, 5) is 22.1. The molecule has 0 aliphatic heterocycles. The topological polar surface area (TPSA) is 81.5 Å². The van der Waals surface area contributed by atoms with E-state index < -0.39 is 27.3 Å². The zero-order valence-electron chi connectivity index (χ0n) is 12.7. The number of carbonyl (C=O) groups excluding carboxylic acids is 1. The van der Waals surface area contributed by atoms with E-state index in [9.17, 15) is 19.3 Å². The van der Waals surface area contributed by atoms with Crippen LogP contribution in [0, 0.1) is 15.9 Å². The number of ether oxygens (including phenoxy) is 1. The lowest BCUT2D eigenvalue weighted by Crippen LogP contribution is -2.44. The van der Waals surface area contributed by atoms with Gasteiger partial charge in [0.2, 0.25) is 0 Å². The minimum Gasteiger partial charge on any atom is -0.445 e. The number of halogens is 3. The van der Waals surface area contributed by atoms with Crippen molar-refractivity contribution in [2.45, 2.75) is 17.1 Å². The molecule has 2 aromatic rings. The lowest BCUT2D eigenvalue weighted by Gasteiger charge is -2.23. The average molecular weight is 387 g/mol. The Hall–Kier alpha value is -2.38. The fourth-order valence-corrected chi connectivity index (χ4v) is 2.41. The first kappa shape index (κ1) is 19.0. The number of nitrogens with one attached hydrogen (secondary N) is 1. The Bertz CT molecular complexity index is 759. The molecule has 1 N–H and O–H groups in total. The van der Waals surface area contributed by atoms with Crippen LogP contribution in [0.25, 0.3) is 0 Å². The van der Waals surface area contributed by atoms with E-state index in [1.165, 1.54) is 12.1 Å². The molecular formula is C16H13Cl2FN2O4. The maximum Gasteiger partial charge on any atom is 0.408 e. The van der Waals surface area contributed by atoms with Gasteiger partial charge in [-0.3, -0.25) is 10.1 Å².